The summed E-state index contributed by atoms with van der Waals surface area (Å²) in [5.74, 6) is 2.72. The Morgan fingerprint density at radius 2 is 2.00 bits per heavy atom. The molecule has 0 unspecified atom stereocenters. The predicted molar refractivity (Wildman–Crippen MR) is 47.3 cm³/mol. The summed E-state index contributed by atoms with van der Waals surface area (Å²) in [7, 11) is -1.31. The zero-order valence-electron chi connectivity index (χ0n) is 6.81. The van der Waals surface area contributed by atoms with Crippen LogP contribution in [0.25, 0.3) is 0 Å². The first-order chi connectivity index (χ1) is 4.45. The van der Waals surface area contributed by atoms with E-state index < -0.39 is 14.2 Å². The molecule has 0 aliphatic heterocycles. The van der Waals surface area contributed by atoms with E-state index in [9.17, 15) is 0 Å². The quantitative estimate of drug-likeness (QED) is 0.344. The molecule has 1 nitrogen and oxygen atoms in total. The Morgan fingerprint density at radius 3 is 2.30 bits per heavy atom. The van der Waals surface area contributed by atoms with E-state index in [0.29, 0.717) is 0 Å². The number of hydrogen-bond donors (Lipinski definition) is 1. The van der Waals surface area contributed by atoms with E-state index >= 15 is 0 Å². The van der Waals surface area contributed by atoms with Crippen molar-refractivity contribution >= 4 is 8.07 Å². The molecular formula is C8H14OSi. The molecule has 0 amide bonds. The second kappa shape index (κ2) is 3.60. The average molecular weight is 154 g/mol. The standard InChI is InChI=1S/C8H14OSi/c1-5-8(9)6-7-10(2,3)4/h5,8-9H,1H2,2-4H3/t8-/m1/s1. The lowest BCUT2D eigenvalue weighted by atomic mass is 10.4. The second-order valence-electron chi connectivity index (χ2n) is 3.20. The largest absolute Gasteiger partial charge is 0.377 e. The molecule has 0 radical (unpaired) electrons. The zero-order chi connectivity index (χ0) is 8.20. The van der Waals surface area contributed by atoms with Crippen LogP contribution in [0.1, 0.15) is 0 Å². The molecule has 56 valence electrons. The van der Waals surface area contributed by atoms with Crippen molar-refractivity contribution in [3.63, 3.8) is 0 Å². The summed E-state index contributed by atoms with van der Waals surface area (Å²) in [5.41, 5.74) is 3.04. The minimum atomic E-state index is -1.31. The van der Waals surface area contributed by atoms with Crippen LogP contribution in [0.2, 0.25) is 19.6 Å². The average Bonchev–Trinajstić information content (AvgIpc) is 1.81. The summed E-state index contributed by atoms with van der Waals surface area (Å²) < 4.78 is 0. The van der Waals surface area contributed by atoms with Gasteiger partial charge in [-0.3, -0.25) is 0 Å². The van der Waals surface area contributed by atoms with Crippen molar-refractivity contribution in [2.45, 2.75) is 25.7 Å². The Kier molecular flexibility index (Phi) is 3.41. The summed E-state index contributed by atoms with van der Waals surface area (Å²) in [4.78, 5) is 0. The first-order valence-corrected chi connectivity index (χ1v) is 6.79. The van der Waals surface area contributed by atoms with Crippen molar-refractivity contribution in [3.05, 3.63) is 12.7 Å². The van der Waals surface area contributed by atoms with Crippen LogP contribution in [0, 0.1) is 11.5 Å². The van der Waals surface area contributed by atoms with Crippen molar-refractivity contribution in [1.82, 2.24) is 0 Å². The fraction of sp³-hybridized carbons (Fsp3) is 0.500. The Bertz CT molecular complexity index is 168. The molecule has 0 aromatic rings. The first-order valence-electron chi connectivity index (χ1n) is 3.29. The van der Waals surface area contributed by atoms with Gasteiger partial charge in [-0.05, 0) is 0 Å². The van der Waals surface area contributed by atoms with Gasteiger partial charge in [0.15, 0.2) is 0 Å². The van der Waals surface area contributed by atoms with Gasteiger partial charge in [0.1, 0.15) is 14.2 Å². The van der Waals surface area contributed by atoms with Crippen molar-refractivity contribution in [1.29, 1.82) is 0 Å². The van der Waals surface area contributed by atoms with Crippen molar-refractivity contribution < 1.29 is 5.11 Å². The van der Waals surface area contributed by atoms with Crippen LogP contribution in [0.5, 0.6) is 0 Å². The minimum absolute atomic E-state index is 0.647. The maximum absolute atomic E-state index is 8.95. The summed E-state index contributed by atoms with van der Waals surface area (Å²) in [6, 6.07) is 0. The monoisotopic (exact) mass is 154 g/mol. The summed E-state index contributed by atoms with van der Waals surface area (Å²) in [6.45, 7) is 9.83. The lowest BCUT2D eigenvalue weighted by Gasteiger charge is -2.03. The van der Waals surface area contributed by atoms with Gasteiger partial charge in [0.25, 0.3) is 0 Å². The molecule has 0 aromatic carbocycles. The van der Waals surface area contributed by atoms with Gasteiger partial charge in [-0.1, -0.05) is 38.2 Å². The fourth-order valence-electron chi connectivity index (χ4n) is 0.349. The van der Waals surface area contributed by atoms with E-state index in [-0.39, 0.29) is 0 Å². The number of aliphatic hydroxyl groups excluding tert-OH is 1. The van der Waals surface area contributed by atoms with Crippen LogP contribution < -0.4 is 0 Å². The Hall–Kier alpha value is -0.523. The van der Waals surface area contributed by atoms with Gasteiger partial charge >= 0.3 is 0 Å². The first kappa shape index (κ1) is 9.48. The molecule has 0 rings (SSSR count). The SMILES string of the molecule is C=C[C@@H](O)C#C[Si](C)(C)C. The third kappa shape index (κ3) is 5.61. The molecule has 0 fully saturated rings. The van der Waals surface area contributed by atoms with E-state index in [1.165, 1.54) is 6.08 Å². The molecule has 1 atom stereocenters. The van der Waals surface area contributed by atoms with Gasteiger partial charge in [0, 0.05) is 0 Å². The molecule has 0 aliphatic rings. The van der Waals surface area contributed by atoms with Crippen molar-refractivity contribution in [3.8, 4) is 11.5 Å². The van der Waals surface area contributed by atoms with Crippen LogP contribution in [0.15, 0.2) is 12.7 Å². The number of hydrogen-bond acceptors (Lipinski definition) is 1. The molecule has 10 heavy (non-hydrogen) atoms. The van der Waals surface area contributed by atoms with Crippen LogP contribution in [-0.4, -0.2) is 19.3 Å². The normalized spacial score (nSPS) is 13.2. The summed E-state index contributed by atoms with van der Waals surface area (Å²) >= 11 is 0. The molecule has 0 saturated carbocycles. The smallest absolute Gasteiger partial charge is 0.132 e. The molecule has 0 saturated heterocycles. The summed E-state index contributed by atoms with van der Waals surface area (Å²) in [6.07, 6.45) is 0.791. The van der Waals surface area contributed by atoms with Crippen LogP contribution >= 0.6 is 0 Å². The minimum Gasteiger partial charge on any atom is -0.377 e. The van der Waals surface area contributed by atoms with E-state index in [0.717, 1.165) is 0 Å². The van der Waals surface area contributed by atoms with Crippen LogP contribution in [0.3, 0.4) is 0 Å². The molecule has 0 aromatic heterocycles. The molecule has 2 heteroatoms. The van der Waals surface area contributed by atoms with Gasteiger partial charge in [-0.25, -0.2) is 0 Å². The molecule has 1 N–H and O–H groups in total. The Balaban J connectivity index is 4.03. The molecule has 0 bridgehead atoms. The van der Waals surface area contributed by atoms with Gasteiger partial charge in [-0.15, -0.1) is 5.54 Å². The Labute approximate surface area is 63.8 Å². The van der Waals surface area contributed by atoms with Gasteiger partial charge in [0.2, 0.25) is 0 Å². The van der Waals surface area contributed by atoms with E-state index in [4.69, 9.17) is 5.11 Å². The topological polar surface area (TPSA) is 20.2 Å². The van der Waals surface area contributed by atoms with Gasteiger partial charge in [-0.2, -0.15) is 0 Å². The molecular weight excluding hydrogens is 140 g/mol. The van der Waals surface area contributed by atoms with Crippen molar-refractivity contribution in [2.75, 3.05) is 0 Å². The lowest BCUT2D eigenvalue weighted by molar-refractivity contribution is 0.281. The highest BCUT2D eigenvalue weighted by molar-refractivity contribution is 6.83. The third-order valence-electron chi connectivity index (χ3n) is 0.818. The van der Waals surface area contributed by atoms with Crippen LogP contribution in [-0.2, 0) is 0 Å². The van der Waals surface area contributed by atoms with Gasteiger partial charge in [0.05, 0.1) is 0 Å². The highest BCUT2D eigenvalue weighted by Crippen LogP contribution is 1.96. The van der Waals surface area contributed by atoms with E-state index in [1.54, 1.807) is 0 Å². The maximum Gasteiger partial charge on any atom is 0.132 e. The molecule has 0 aliphatic carbocycles. The fourth-order valence-corrected chi connectivity index (χ4v) is 0.930. The number of aliphatic hydroxyl groups is 1. The highest BCUT2D eigenvalue weighted by Gasteiger charge is 2.07. The van der Waals surface area contributed by atoms with E-state index in [1.807, 2.05) is 0 Å². The number of rotatable bonds is 1. The maximum atomic E-state index is 8.95. The second-order valence-corrected chi connectivity index (χ2v) is 7.95. The highest BCUT2D eigenvalue weighted by atomic mass is 28.3. The van der Waals surface area contributed by atoms with Crippen molar-refractivity contribution in [2.24, 2.45) is 0 Å². The zero-order valence-corrected chi connectivity index (χ0v) is 7.81. The lowest BCUT2D eigenvalue weighted by Crippen LogP contribution is -2.17. The Morgan fingerprint density at radius 1 is 1.50 bits per heavy atom. The van der Waals surface area contributed by atoms with E-state index in [2.05, 4.69) is 37.7 Å². The molecule has 0 heterocycles. The summed E-state index contributed by atoms with van der Waals surface area (Å²) in [5, 5.41) is 8.95. The third-order valence-corrected chi connectivity index (χ3v) is 1.71. The predicted octanol–water partition coefficient (Wildman–Crippen LogP) is 1.41. The van der Waals surface area contributed by atoms with Gasteiger partial charge < -0.3 is 5.11 Å². The van der Waals surface area contributed by atoms with Crippen LogP contribution in [0.4, 0.5) is 0 Å². The molecule has 0 spiro atoms.